The molecule has 5 nitrogen and oxygen atoms in total. The topological polar surface area (TPSA) is 37.1 Å². The highest BCUT2D eigenvalue weighted by molar-refractivity contribution is 7.80. The fraction of sp³-hybridized carbons (Fsp3) is 0.276. The average Bonchev–Trinajstić information content (AvgIpc) is 3.03. The standard InChI is InChI=1S/C29H28ClN3O2S/c1-19-20(2)26(15-14-25(19)31-5)33-27(34)29(3,4)32(28(33)36)16-9-17-35-22-12-13-23(24(30)18-22)21-10-7-6-8-11-21/h6-8,10-15,18H,9,16-17H2,1-4H3. The van der Waals surface area contributed by atoms with E-state index in [1.165, 1.54) is 0 Å². The van der Waals surface area contributed by atoms with Gasteiger partial charge in [-0.1, -0.05) is 48.0 Å². The second-order valence-corrected chi connectivity index (χ2v) is 10.1. The van der Waals surface area contributed by atoms with Crippen LogP contribution in [-0.4, -0.2) is 34.6 Å². The predicted octanol–water partition coefficient (Wildman–Crippen LogP) is 7.36. The largest absolute Gasteiger partial charge is 0.493 e. The summed E-state index contributed by atoms with van der Waals surface area (Å²) in [5, 5.41) is 1.11. The second-order valence-electron chi connectivity index (χ2n) is 9.31. The van der Waals surface area contributed by atoms with E-state index in [0.717, 1.165) is 27.9 Å². The quantitative estimate of drug-likeness (QED) is 0.186. The van der Waals surface area contributed by atoms with Crippen molar-refractivity contribution in [3.8, 4) is 16.9 Å². The van der Waals surface area contributed by atoms with Crippen molar-refractivity contribution in [3.05, 3.63) is 88.2 Å². The SMILES string of the molecule is [C-]#[N+]c1ccc(N2C(=O)C(C)(C)N(CCCOc3ccc(-c4ccccc4)c(Cl)c3)C2=S)c(C)c1C. The monoisotopic (exact) mass is 517 g/mol. The molecule has 1 fully saturated rings. The van der Waals surface area contributed by atoms with Crippen molar-refractivity contribution < 1.29 is 9.53 Å². The van der Waals surface area contributed by atoms with Gasteiger partial charge in [0.05, 0.1) is 23.9 Å². The Balaban J connectivity index is 1.42. The zero-order valence-electron chi connectivity index (χ0n) is 20.8. The molecule has 184 valence electrons. The van der Waals surface area contributed by atoms with Gasteiger partial charge in [0.25, 0.3) is 5.91 Å². The van der Waals surface area contributed by atoms with Crippen LogP contribution >= 0.6 is 23.8 Å². The molecule has 0 bridgehead atoms. The molecule has 0 radical (unpaired) electrons. The lowest BCUT2D eigenvalue weighted by molar-refractivity contribution is -0.123. The van der Waals surface area contributed by atoms with E-state index in [2.05, 4.69) is 4.85 Å². The molecule has 1 aliphatic rings. The zero-order chi connectivity index (χ0) is 26.0. The number of ether oxygens (including phenoxy) is 1. The molecule has 0 saturated carbocycles. The van der Waals surface area contributed by atoms with E-state index in [-0.39, 0.29) is 5.91 Å². The average molecular weight is 518 g/mol. The summed E-state index contributed by atoms with van der Waals surface area (Å²) in [5.41, 5.74) is 4.30. The molecule has 0 aliphatic carbocycles. The minimum absolute atomic E-state index is 0.0743. The van der Waals surface area contributed by atoms with Gasteiger partial charge in [0.2, 0.25) is 0 Å². The maximum absolute atomic E-state index is 13.4. The van der Waals surface area contributed by atoms with Crippen molar-refractivity contribution in [1.82, 2.24) is 4.90 Å². The molecule has 0 aromatic heterocycles. The van der Waals surface area contributed by atoms with Gasteiger partial charge in [-0.25, -0.2) is 4.85 Å². The van der Waals surface area contributed by atoms with Gasteiger partial charge < -0.3 is 9.64 Å². The molecule has 3 aromatic carbocycles. The van der Waals surface area contributed by atoms with Gasteiger partial charge in [-0.2, -0.15) is 0 Å². The number of nitrogens with zero attached hydrogens (tertiary/aromatic N) is 3. The molecule has 0 N–H and O–H groups in total. The molecule has 7 heteroatoms. The number of hydrogen-bond acceptors (Lipinski definition) is 3. The van der Waals surface area contributed by atoms with E-state index in [1.807, 2.05) is 87.2 Å². The minimum atomic E-state index is -0.781. The molecule has 1 heterocycles. The Morgan fingerprint density at radius 3 is 2.44 bits per heavy atom. The molecule has 0 unspecified atom stereocenters. The molecule has 1 saturated heterocycles. The van der Waals surface area contributed by atoms with Crippen molar-refractivity contribution >= 4 is 46.2 Å². The van der Waals surface area contributed by atoms with Crippen molar-refractivity contribution in [2.75, 3.05) is 18.1 Å². The summed E-state index contributed by atoms with van der Waals surface area (Å²) < 4.78 is 5.96. The van der Waals surface area contributed by atoms with Gasteiger partial charge in [-0.3, -0.25) is 9.69 Å². The Morgan fingerprint density at radius 1 is 1.06 bits per heavy atom. The fourth-order valence-corrected chi connectivity index (χ4v) is 5.21. The Kier molecular flexibility index (Phi) is 7.35. The summed E-state index contributed by atoms with van der Waals surface area (Å²) in [4.78, 5) is 20.5. The van der Waals surface area contributed by atoms with Crippen LogP contribution in [0.4, 0.5) is 11.4 Å². The number of hydrogen-bond donors (Lipinski definition) is 0. The normalized spacial score (nSPS) is 14.8. The van der Waals surface area contributed by atoms with Crippen LogP contribution in [-0.2, 0) is 4.79 Å². The summed E-state index contributed by atoms with van der Waals surface area (Å²) in [5.74, 6) is 0.626. The molecule has 4 rings (SSSR count). The highest BCUT2D eigenvalue weighted by atomic mass is 35.5. The number of benzene rings is 3. The third kappa shape index (κ3) is 4.69. The van der Waals surface area contributed by atoms with E-state index >= 15 is 0 Å². The lowest BCUT2D eigenvalue weighted by atomic mass is 10.0. The molecule has 3 aromatic rings. The van der Waals surface area contributed by atoms with E-state index < -0.39 is 5.54 Å². The highest BCUT2D eigenvalue weighted by Gasteiger charge is 2.49. The van der Waals surface area contributed by atoms with Gasteiger partial charge in [-0.15, -0.1) is 0 Å². The highest BCUT2D eigenvalue weighted by Crippen LogP contribution is 2.37. The Hall–Kier alpha value is -3.40. The fourth-order valence-electron chi connectivity index (χ4n) is 4.43. The van der Waals surface area contributed by atoms with E-state index in [4.69, 9.17) is 35.1 Å². The molecule has 1 amide bonds. The molecule has 36 heavy (non-hydrogen) atoms. The molecular weight excluding hydrogens is 490 g/mol. The summed E-state index contributed by atoms with van der Waals surface area (Å²) in [6.45, 7) is 16.0. The van der Waals surface area contributed by atoms with Crippen LogP contribution in [0.25, 0.3) is 16.0 Å². The van der Waals surface area contributed by atoms with Crippen LogP contribution in [0.5, 0.6) is 5.75 Å². The smallest absolute Gasteiger partial charge is 0.258 e. The maximum Gasteiger partial charge on any atom is 0.258 e. The first-order chi connectivity index (χ1) is 17.2. The van der Waals surface area contributed by atoms with Gasteiger partial charge in [-0.05, 0) is 87.3 Å². The van der Waals surface area contributed by atoms with Crippen molar-refractivity contribution in [2.45, 2.75) is 39.7 Å². The van der Waals surface area contributed by atoms with Gasteiger partial charge in [0.1, 0.15) is 11.3 Å². The van der Waals surface area contributed by atoms with Crippen LogP contribution < -0.4 is 9.64 Å². The number of amides is 1. The zero-order valence-corrected chi connectivity index (χ0v) is 22.4. The van der Waals surface area contributed by atoms with Crippen LogP contribution in [0.2, 0.25) is 5.02 Å². The number of anilines is 1. The van der Waals surface area contributed by atoms with E-state index in [1.54, 1.807) is 11.0 Å². The molecule has 0 spiro atoms. The third-order valence-electron chi connectivity index (χ3n) is 6.73. The van der Waals surface area contributed by atoms with Crippen LogP contribution in [0, 0.1) is 20.4 Å². The molecule has 0 atom stereocenters. The first-order valence-electron chi connectivity index (χ1n) is 11.8. The predicted molar refractivity (Wildman–Crippen MR) is 150 cm³/mol. The lowest BCUT2D eigenvalue weighted by Crippen LogP contribution is -2.44. The van der Waals surface area contributed by atoms with Crippen LogP contribution in [0.1, 0.15) is 31.4 Å². The first-order valence-corrected chi connectivity index (χ1v) is 12.6. The van der Waals surface area contributed by atoms with Gasteiger partial charge in [0, 0.05) is 12.1 Å². The number of carbonyl (C=O) groups is 1. The second kappa shape index (κ2) is 10.3. The summed E-state index contributed by atoms with van der Waals surface area (Å²) >= 11 is 12.3. The first kappa shape index (κ1) is 25.7. The number of rotatable bonds is 7. The molecular formula is C29H28ClN3O2S. The Morgan fingerprint density at radius 2 is 1.78 bits per heavy atom. The van der Waals surface area contributed by atoms with E-state index in [9.17, 15) is 4.79 Å². The Bertz CT molecular complexity index is 1360. The molecule has 1 aliphatic heterocycles. The number of halogens is 1. The lowest BCUT2D eigenvalue weighted by Gasteiger charge is -2.29. The van der Waals surface area contributed by atoms with Gasteiger partial charge >= 0.3 is 0 Å². The van der Waals surface area contributed by atoms with Crippen LogP contribution in [0.3, 0.4) is 0 Å². The minimum Gasteiger partial charge on any atom is -0.493 e. The van der Waals surface area contributed by atoms with Gasteiger partial charge in [0.15, 0.2) is 10.8 Å². The number of carbonyl (C=O) groups excluding carboxylic acids is 1. The summed E-state index contributed by atoms with van der Waals surface area (Å²) in [7, 11) is 0. The number of thiocarbonyl (C=S) groups is 1. The third-order valence-corrected chi connectivity index (χ3v) is 7.45. The maximum atomic E-state index is 13.4. The summed E-state index contributed by atoms with van der Waals surface area (Å²) in [6, 6.07) is 19.3. The van der Waals surface area contributed by atoms with Crippen molar-refractivity contribution in [3.63, 3.8) is 0 Å². The Labute approximate surface area is 223 Å². The van der Waals surface area contributed by atoms with Crippen molar-refractivity contribution in [1.29, 1.82) is 0 Å². The van der Waals surface area contributed by atoms with Crippen LogP contribution in [0.15, 0.2) is 60.7 Å². The van der Waals surface area contributed by atoms with E-state index in [0.29, 0.717) is 41.1 Å². The van der Waals surface area contributed by atoms with Crippen molar-refractivity contribution in [2.24, 2.45) is 0 Å². The summed E-state index contributed by atoms with van der Waals surface area (Å²) in [6.07, 6.45) is 0.678.